The van der Waals surface area contributed by atoms with Crippen molar-refractivity contribution in [3.05, 3.63) is 18.2 Å². The minimum absolute atomic E-state index is 0.241. The van der Waals surface area contributed by atoms with E-state index in [4.69, 9.17) is 15.2 Å². The SMILES string of the molecule is [NH]c1cccc2c1OCO2. The molecular weight excluding hydrogens is 130 g/mol. The van der Waals surface area contributed by atoms with Crippen molar-refractivity contribution in [1.29, 1.82) is 0 Å². The molecule has 0 saturated heterocycles. The molecular formula is C7H6NO2. The lowest BCUT2D eigenvalue weighted by Crippen LogP contribution is -1.93. The molecule has 0 atom stereocenters. The lowest BCUT2D eigenvalue weighted by molar-refractivity contribution is 0.174. The molecule has 51 valence electrons. The second-order valence-electron chi connectivity index (χ2n) is 2.04. The average Bonchev–Trinajstić information content (AvgIpc) is 2.36. The van der Waals surface area contributed by atoms with Crippen molar-refractivity contribution in [2.45, 2.75) is 0 Å². The first-order valence-electron chi connectivity index (χ1n) is 2.98. The highest BCUT2D eigenvalue weighted by atomic mass is 16.7. The van der Waals surface area contributed by atoms with Gasteiger partial charge >= 0.3 is 0 Å². The molecule has 1 N–H and O–H groups in total. The van der Waals surface area contributed by atoms with Gasteiger partial charge in [0.2, 0.25) is 6.79 Å². The Morgan fingerprint density at radius 1 is 1.30 bits per heavy atom. The molecule has 2 rings (SSSR count). The molecule has 1 aromatic rings. The maximum absolute atomic E-state index is 7.35. The first-order chi connectivity index (χ1) is 4.88. The fourth-order valence-corrected chi connectivity index (χ4v) is 0.930. The first kappa shape index (κ1) is 5.41. The van der Waals surface area contributed by atoms with E-state index in [0.29, 0.717) is 17.2 Å². The van der Waals surface area contributed by atoms with E-state index in [2.05, 4.69) is 0 Å². The summed E-state index contributed by atoms with van der Waals surface area (Å²) >= 11 is 0. The third-order valence-electron chi connectivity index (χ3n) is 1.40. The first-order valence-corrected chi connectivity index (χ1v) is 2.98. The van der Waals surface area contributed by atoms with Crippen molar-refractivity contribution in [3.63, 3.8) is 0 Å². The van der Waals surface area contributed by atoms with Crippen LogP contribution < -0.4 is 15.2 Å². The molecule has 1 aromatic carbocycles. The minimum atomic E-state index is 0.241. The lowest BCUT2D eigenvalue weighted by atomic mass is 10.3. The van der Waals surface area contributed by atoms with E-state index in [-0.39, 0.29) is 6.79 Å². The van der Waals surface area contributed by atoms with Crippen LogP contribution in [-0.2, 0) is 0 Å². The molecule has 0 saturated carbocycles. The van der Waals surface area contributed by atoms with E-state index in [1.165, 1.54) is 0 Å². The molecule has 1 aliphatic rings. The average molecular weight is 136 g/mol. The number of hydrogen-bond acceptors (Lipinski definition) is 2. The zero-order valence-electron chi connectivity index (χ0n) is 5.26. The van der Waals surface area contributed by atoms with Gasteiger partial charge in [-0.3, -0.25) is 5.73 Å². The van der Waals surface area contributed by atoms with Crippen LogP contribution in [0.15, 0.2) is 18.2 Å². The van der Waals surface area contributed by atoms with Gasteiger partial charge in [-0.1, -0.05) is 6.07 Å². The summed E-state index contributed by atoms with van der Waals surface area (Å²) in [6.07, 6.45) is 0. The monoisotopic (exact) mass is 136 g/mol. The van der Waals surface area contributed by atoms with Gasteiger partial charge in [0.25, 0.3) is 0 Å². The summed E-state index contributed by atoms with van der Waals surface area (Å²) in [5.41, 5.74) is 7.73. The summed E-state index contributed by atoms with van der Waals surface area (Å²) in [6, 6.07) is 5.24. The van der Waals surface area contributed by atoms with E-state index in [9.17, 15) is 0 Å². The summed E-state index contributed by atoms with van der Waals surface area (Å²) in [5.74, 6) is 1.23. The maximum atomic E-state index is 7.35. The van der Waals surface area contributed by atoms with Crippen LogP contribution in [0.4, 0.5) is 5.69 Å². The van der Waals surface area contributed by atoms with Gasteiger partial charge in [0.15, 0.2) is 11.5 Å². The lowest BCUT2D eigenvalue weighted by Gasteiger charge is -1.95. The Hall–Kier alpha value is -1.38. The molecule has 1 aliphatic heterocycles. The molecule has 1 heterocycles. The van der Waals surface area contributed by atoms with Crippen LogP contribution in [0.1, 0.15) is 0 Å². The van der Waals surface area contributed by atoms with Gasteiger partial charge in [0.1, 0.15) is 5.69 Å². The minimum Gasteiger partial charge on any atom is -0.454 e. The van der Waals surface area contributed by atoms with E-state index in [1.54, 1.807) is 18.2 Å². The standard InChI is InChI=1S/C7H6NO2/c8-5-2-1-3-6-7(5)10-4-9-6/h1-3,8H,4H2. The topological polar surface area (TPSA) is 42.3 Å². The van der Waals surface area contributed by atoms with Crippen LogP contribution in [0.3, 0.4) is 0 Å². The normalized spacial score (nSPS) is 13.6. The van der Waals surface area contributed by atoms with Gasteiger partial charge in [0.05, 0.1) is 0 Å². The molecule has 0 unspecified atom stereocenters. The zero-order chi connectivity index (χ0) is 6.97. The number of rotatable bonds is 0. The molecule has 3 heteroatoms. The fourth-order valence-electron chi connectivity index (χ4n) is 0.930. The van der Waals surface area contributed by atoms with Crippen LogP contribution >= 0.6 is 0 Å². The van der Waals surface area contributed by atoms with Gasteiger partial charge in [-0.25, -0.2) is 0 Å². The van der Waals surface area contributed by atoms with Crippen LogP contribution in [0.5, 0.6) is 11.5 Å². The fraction of sp³-hybridized carbons (Fsp3) is 0.143. The third kappa shape index (κ3) is 0.603. The highest BCUT2D eigenvalue weighted by Crippen LogP contribution is 2.37. The van der Waals surface area contributed by atoms with Gasteiger partial charge in [-0.2, -0.15) is 0 Å². The highest BCUT2D eigenvalue weighted by molar-refractivity contribution is 5.58. The summed E-state index contributed by atoms with van der Waals surface area (Å²) in [4.78, 5) is 0. The second kappa shape index (κ2) is 1.80. The third-order valence-corrected chi connectivity index (χ3v) is 1.40. The Bertz CT molecular complexity index is 260. The highest BCUT2D eigenvalue weighted by Gasteiger charge is 2.14. The predicted octanol–water partition coefficient (Wildman–Crippen LogP) is 1.33. The molecule has 0 aromatic heterocycles. The molecule has 1 radical (unpaired) electrons. The van der Waals surface area contributed by atoms with Crippen molar-refractivity contribution >= 4 is 5.69 Å². The van der Waals surface area contributed by atoms with E-state index >= 15 is 0 Å². The second-order valence-corrected chi connectivity index (χ2v) is 2.04. The molecule has 10 heavy (non-hydrogen) atoms. The molecule has 3 nitrogen and oxygen atoms in total. The predicted molar refractivity (Wildman–Crippen MR) is 35.3 cm³/mol. The number of benzene rings is 1. The number of fused-ring (bicyclic) bond motifs is 1. The Kier molecular flexibility index (Phi) is 0.974. The molecule has 0 fully saturated rings. The summed E-state index contributed by atoms with van der Waals surface area (Å²) in [7, 11) is 0. The van der Waals surface area contributed by atoms with Crippen molar-refractivity contribution in [3.8, 4) is 11.5 Å². The van der Waals surface area contributed by atoms with Gasteiger partial charge in [0, 0.05) is 0 Å². The molecule has 0 aliphatic carbocycles. The van der Waals surface area contributed by atoms with Crippen molar-refractivity contribution in [2.75, 3.05) is 6.79 Å². The van der Waals surface area contributed by atoms with Gasteiger partial charge in [-0.15, -0.1) is 0 Å². The van der Waals surface area contributed by atoms with Crippen molar-refractivity contribution < 1.29 is 9.47 Å². The number of para-hydroxylation sites is 1. The smallest absolute Gasteiger partial charge is 0.231 e. The largest absolute Gasteiger partial charge is 0.454 e. The maximum Gasteiger partial charge on any atom is 0.231 e. The number of hydrogen-bond donors (Lipinski definition) is 0. The van der Waals surface area contributed by atoms with Gasteiger partial charge in [-0.05, 0) is 12.1 Å². The molecule has 0 bridgehead atoms. The Morgan fingerprint density at radius 3 is 3.00 bits per heavy atom. The molecule has 0 spiro atoms. The summed E-state index contributed by atoms with van der Waals surface area (Å²) in [5, 5.41) is 0. The van der Waals surface area contributed by atoms with E-state index in [1.807, 2.05) is 0 Å². The number of ether oxygens (including phenoxy) is 2. The van der Waals surface area contributed by atoms with Crippen LogP contribution in [0, 0.1) is 0 Å². The number of nitrogens with one attached hydrogen (secondary N) is 1. The van der Waals surface area contributed by atoms with Crippen LogP contribution in [0.25, 0.3) is 0 Å². The quantitative estimate of drug-likeness (QED) is 0.540. The molecule has 0 amide bonds. The summed E-state index contributed by atoms with van der Waals surface area (Å²) < 4.78 is 10.1. The van der Waals surface area contributed by atoms with Crippen molar-refractivity contribution in [2.24, 2.45) is 0 Å². The Labute approximate surface area is 58.4 Å². The summed E-state index contributed by atoms with van der Waals surface area (Å²) in [6.45, 7) is 0.241. The van der Waals surface area contributed by atoms with Gasteiger partial charge < -0.3 is 9.47 Å². The van der Waals surface area contributed by atoms with Crippen LogP contribution in [-0.4, -0.2) is 6.79 Å². The van der Waals surface area contributed by atoms with E-state index < -0.39 is 0 Å². The zero-order valence-corrected chi connectivity index (χ0v) is 5.26. The van der Waals surface area contributed by atoms with Crippen LogP contribution in [0.2, 0.25) is 0 Å². The Balaban J connectivity index is 2.59. The van der Waals surface area contributed by atoms with E-state index in [0.717, 1.165) is 0 Å². The Morgan fingerprint density at radius 2 is 2.20 bits per heavy atom. The van der Waals surface area contributed by atoms with Crippen molar-refractivity contribution in [1.82, 2.24) is 5.73 Å².